The van der Waals surface area contributed by atoms with E-state index >= 15 is 0 Å². The number of benzene rings is 1. The standard InChI is InChI=1S/C16H20N2O2/c19-16(18-9-12-7-8-20-11-12)6-5-13-10-17-15-4-2-1-3-14(13)15/h1-4,10,12,17H,5-9,11H2,(H,18,19)/t12-/m0/s1. The summed E-state index contributed by atoms with van der Waals surface area (Å²) in [5, 5.41) is 4.22. The fraction of sp³-hybridized carbons (Fsp3) is 0.438. The van der Waals surface area contributed by atoms with Crippen molar-refractivity contribution in [2.75, 3.05) is 19.8 Å². The molecule has 1 amide bonds. The molecule has 0 radical (unpaired) electrons. The topological polar surface area (TPSA) is 54.1 Å². The molecule has 2 N–H and O–H groups in total. The summed E-state index contributed by atoms with van der Waals surface area (Å²) in [6.07, 6.45) is 4.37. The summed E-state index contributed by atoms with van der Waals surface area (Å²) in [6.45, 7) is 2.35. The third-order valence-corrected chi connectivity index (χ3v) is 3.91. The van der Waals surface area contributed by atoms with E-state index in [1.165, 1.54) is 10.9 Å². The molecule has 1 aromatic carbocycles. The van der Waals surface area contributed by atoms with Gasteiger partial charge in [-0.2, -0.15) is 0 Å². The van der Waals surface area contributed by atoms with Crippen molar-refractivity contribution in [2.45, 2.75) is 19.3 Å². The first-order valence-corrected chi connectivity index (χ1v) is 7.22. The number of amides is 1. The summed E-state index contributed by atoms with van der Waals surface area (Å²) in [5.41, 5.74) is 2.34. The Labute approximate surface area is 118 Å². The Morgan fingerprint density at radius 1 is 1.40 bits per heavy atom. The fourth-order valence-corrected chi connectivity index (χ4v) is 2.68. The van der Waals surface area contributed by atoms with Crippen molar-refractivity contribution in [2.24, 2.45) is 5.92 Å². The Kier molecular flexibility index (Phi) is 4.02. The Balaban J connectivity index is 1.49. The van der Waals surface area contributed by atoms with Gasteiger partial charge in [0.25, 0.3) is 0 Å². The highest BCUT2D eigenvalue weighted by atomic mass is 16.5. The molecule has 2 heterocycles. The van der Waals surface area contributed by atoms with E-state index in [9.17, 15) is 4.79 Å². The number of carbonyl (C=O) groups is 1. The largest absolute Gasteiger partial charge is 0.381 e. The smallest absolute Gasteiger partial charge is 0.220 e. The van der Waals surface area contributed by atoms with Crippen LogP contribution < -0.4 is 5.32 Å². The lowest BCUT2D eigenvalue weighted by atomic mass is 10.1. The molecular formula is C16H20N2O2. The number of aromatic nitrogens is 1. The lowest BCUT2D eigenvalue weighted by Gasteiger charge is -2.09. The summed E-state index contributed by atoms with van der Waals surface area (Å²) in [5.74, 6) is 0.620. The zero-order valence-electron chi connectivity index (χ0n) is 11.5. The second-order valence-corrected chi connectivity index (χ2v) is 5.39. The van der Waals surface area contributed by atoms with Crippen molar-refractivity contribution in [3.8, 4) is 0 Å². The number of nitrogens with one attached hydrogen (secondary N) is 2. The van der Waals surface area contributed by atoms with Crippen LogP contribution in [0, 0.1) is 5.92 Å². The van der Waals surface area contributed by atoms with Gasteiger partial charge < -0.3 is 15.0 Å². The molecule has 2 aromatic rings. The number of hydrogen-bond donors (Lipinski definition) is 2. The maximum Gasteiger partial charge on any atom is 0.220 e. The molecule has 0 aliphatic carbocycles. The second-order valence-electron chi connectivity index (χ2n) is 5.39. The van der Waals surface area contributed by atoms with Gasteiger partial charge in [0.2, 0.25) is 5.91 Å². The van der Waals surface area contributed by atoms with E-state index in [4.69, 9.17) is 4.74 Å². The van der Waals surface area contributed by atoms with E-state index < -0.39 is 0 Å². The minimum Gasteiger partial charge on any atom is -0.381 e. The number of hydrogen-bond acceptors (Lipinski definition) is 2. The Morgan fingerprint density at radius 2 is 2.30 bits per heavy atom. The summed E-state index contributed by atoms with van der Waals surface area (Å²) in [4.78, 5) is 15.1. The average molecular weight is 272 g/mol. The molecule has 0 bridgehead atoms. The van der Waals surface area contributed by atoms with E-state index in [0.717, 1.165) is 38.1 Å². The molecule has 0 saturated carbocycles. The maximum absolute atomic E-state index is 11.9. The summed E-state index contributed by atoms with van der Waals surface area (Å²) < 4.78 is 5.30. The summed E-state index contributed by atoms with van der Waals surface area (Å²) in [7, 11) is 0. The molecule has 4 heteroatoms. The van der Waals surface area contributed by atoms with Crippen LogP contribution in [0.15, 0.2) is 30.5 Å². The molecule has 0 spiro atoms. The molecule has 1 fully saturated rings. The minimum absolute atomic E-state index is 0.127. The molecule has 106 valence electrons. The summed E-state index contributed by atoms with van der Waals surface area (Å²) in [6, 6.07) is 8.19. The molecule has 1 atom stereocenters. The third-order valence-electron chi connectivity index (χ3n) is 3.91. The zero-order valence-corrected chi connectivity index (χ0v) is 11.5. The predicted octanol–water partition coefficient (Wildman–Crippen LogP) is 2.25. The van der Waals surface area contributed by atoms with Crippen LogP contribution in [-0.2, 0) is 16.0 Å². The van der Waals surface area contributed by atoms with Gasteiger partial charge in [-0.1, -0.05) is 18.2 Å². The first kappa shape index (κ1) is 13.2. The molecular weight excluding hydrogens is 252 g/mol. The van der Waals surface area contributed by atoms with Crippen molar-refractivity contribution >= 4 is 16.8 Å². The molecule has 0 unspecified atom stereocenters. The normalized spacial score (nSPS) is 18.5. The highest BCUT2D eigenvalue weighted by Gasteiger charge is 2.16. The third kappa shape index (κ3) is 3.02. The van der Waals surface area contributed by atoms with Gasteiger partial charge in [0.05, 0.1) is 6.61 Å². The van der Waals surface area contributed by atoms with Crippen molar-refractivity contribution in [1.29, 1.82) is 0 Å². The van der Waals surface area contributed by atoms with Gasteiger partial charge in [0.1, 0.15) is 0 Å². The van der Waals surface area contributed by atoms with Gasteiger partial charge >= 0.3 is 0 Å². The van der Waals surface area contributed by atoms with Crippen LogP contribution in [0.5, 0.6) is 0 Å². The van der Waals surface area contributed by atoms with Gasteiger partial charge in [0, 0.05) is 42.6 Å². The van der Waals surface area contributed by atoms with Gasteiger partial charge in [0.15, 0.2) is 0 Å². The molecule has 1 aliphatic heterocycles. The van der Waals surface area contributed by atoms with Crippen LogP contribution in [0.2, 0.25) is 0 Å². The van der Waals surface area contributed by atoms with E-state index in [0.29, 0.717) is 12.3 Å². The first-order valence-electron chi connectivity index (χ1n) is 7.22. The fourth-order valence-electron chi connectivity index (χ4n) is 2.68. The maximum atomic E-state index is 11.9. The zero-order chi connectivity index (χ0) is 13.8. The van der Waals surface area contributed by atoms with Crippen LogP contribution in [0.25, 0.3) is 10.9 Å². The van der Waals surface area contributed by atoms with Gasteiger partial charge in [-0.3, -0.25) is 4.79 Å². The van der Waals surface area contributed by atoms with E-state index in [-0.39, 0.29) is 5.91 Å². The van der Waals surface area contributed by atoms with Crippen LogP contribution in [0.4, 0.5) is 0 Å². The number of H-pyrrole nitrogens is 1. The van der Waals surface area contributed by atoms with Gasteiger partial charge in [-0.15, -0.1) is 0 Å². The molecule has 1 aromatic heterocycles. The number of aryl methyl sites for hydroxylation is 1. The second kappa shape index (κ2) is 6.09. The number of ether oxygens (including phenoxy) is 1. The minimum atomic E-state index is 0.127. The number of carbonyl (C=O) groups excluding carboxylic acids is 1. The van der Waals surface area contributed by atoms with Gasteiger partial charge in [-0.05, 0) is 24.5 Å². The quantitative estimate of drug-likeness (QED) is 0.877. The lowest BCUT2D eigenvalue weighted by molar-refractivity contribution is -0.121. The van der Waals surface area contributed by atoms with Crippen LogP contribution in [0.3, 0.4) is 0 Å². The average Bonchev–Trinajstić information content (AvgIpc) is 3.12. The van der Waals surface area contributed by atoms with Crippen molar-refractivity contribution < 1.29 is 9.53 Å². The first-order chi connectivity index (χ1) is 9.83. The highest BCUT2D eigenvalue weighted by molar-refractivity contribution is 5.84. The van der Waals surface area contributed by atoms with Gasteiger partial charge in [-0.25, -0.2) is 0 Å². The Morgan fingerprint density at radius 3 is 3.15 bits per heavy atom. The Bertz CT molecular complexity index is 585. The van der Waals surface area contributed by atoms with E-state index in [2.05, 4.69) is 22.4 Å². The predicted molar refractivity (Wildman–Crippen MR) is 78.6 cm³/mol. The monoisotopic (exact) mass is 272 g/mol. The SMILES string of the molecule is O=C(CCc1c[nH]c2ccccc12)NC[C@@H]1CCOC1. The lowest BCUT2D eigenvalue weighted by Crippen LogP contribution is -2.29. The van der Waals surface area contributed by atoms with Crippen molar-refractivity contribution in [3.63, 3.8) is 0 Å². The Hall–Kier alpha value is -1.81. The highest BCUT2D eigenvalue weighted by Crippen LogP contribution is 2.19. The van der Waals surface area contributed by atoms with Crippen molar-refractivity contribution in [1.82, 2.24) is 10.3 Å². The number of para-hydroxylation sites is 1. The molecule has 1 aliphatic rings. The number of rotatable bonds is 5. The number of fused-ring (bicyclic) bond motifs is 1. The molecule has 4 nitrogen and oxygen atoms in total. The summed E-state index contributed by atoms with van der Waals surface area (Å²) >= 11 is 0. The van der Waals surface area contributed by atoms with Crippen molar-refractivity contribution in [3.05, 3.63) is 36.0 Å². The number of aromatic amines is 1. The molecule has 1 saturated heterocycles. The van der Waals surface area contributed by atoms with Crippen LogP contribution >= 0.6 is 0 Å². The van der Waals surface area contributed by atoms with Crippen LogP contribution in [-0.4, -0.2) is 30.6 Å². The molecule has 20 heavy (non-hydrogen) atoms. The van der Waals surface area contributed by atoms with Crippen LogP contribution in [0.1, 0.15) is 18.4 Å². The van der Waals surface area contributed by atoms with E-state index in [1.807, 2.05) is 18.3 Å². The van der Waals surface area contributed by atoms with E-state index in [1.54, 1.807) is 0 Å². The molecule has 3 rings (SSSR count).